The van der Waals surface area contributed by atoms with E-state index in [2.05, 4.69) is 25.8 Å². The Morgan fingerprint density at radius 2 is 1.53 bits per heavy atom. The van der Waals surface area contributed by atoms with Crippen molar-refractivity contribution in [2.24, 2.45) is 5.41 Å². The van der Waals surface area contributed by atoms with Crippen LogP contribution in [-0.2, 0) is 14.4 Å². The average molecular weight is 638 g/mol. The van der Waals surface area contributed by atoms with Crippen molar-refractivity contribution in [1.29, 1.82) is 0 Å². The van der Waals surface area contributed by atoms with Gasteiger partial charge in [-0.15, -0.1) is 0 Å². The zero-order chi connectivity index (χ0) is 33.0. The van der Waals surface area contributed by atoms with Crippen molar-refractivity contribution in [3.8, 4) is 23.0 Å². The fourth-order valence-electron chi connectivity index (χ4n) is 5.85. The van der Waals surface area contributed by atoms with Crippen LogP contribution >= 0.6 is 0 Å². The van der Waals surface area contributed by atoms with Gasteiger partial charge in [0.2, 0.25) is 17.7 Å². The predicted molar refractivity (Wildman–Crippen MR) is 180 cm³/mol. The Morgan fingerprint density at radius 3 is 2.19 bits per heavy atom. The molecule has 11 heteroatoms. The predicted octanol–water partition coefficient (Wildman–Crippen LogP) is 5.90. The first-order valence-corrected chi connectivity index (χ1v) is 15.9. The third-order valence-electron chi connectivity index (χ3n) is 8.82. The molecule has 0 bridgehead atoms. The molecule has 3 aromatic carbocycles. The van der Waals surface area contributed by atoms with Crippen LogP contribution in [0.5, 0.6) is 23.0 Å². The summed E-state index contributed by atoms with van der Waals surface area (Å²) in [5.74, 6) is 1.60. The van der Waals surface area contributed by atoms with Crippen LogP contribution in [0.4, 0.5) is 17.1 Å². The molecule has 0 unspecified atom stereocenters. The number of rotatable bonds is 11. The minimum atomic E-state index is -1.13. The normalized spacial score (nSPS) is 15.4. The maximum Gasteiger partial charge on any atom is 0.240 e. The molecule has 11 nitrogen and oxygen atoms in total. The Hall–Kier alpha value is -5.32. The largest absolute Gasteiger partial charge is 0.493 e. The molecule has 1 saturated carbocycles. The lowest BCUT2D eigenvalue weighted by molar-refractivity contribution is -0.131. The number of piperidine rings is 1. The van der Waals surface area contributed by atoms with Gasteiger partial charge in [-0.2, -0.15) is 0 Å². The Morgan fingerprint density at radius 1 is 0.851 bits per heavy atom. The van der Waals surface area contributed by atoms with Crippen molar-refractivity contribution in [1.82, 2.24) is 10.3 Å². The molecular weight excluding hydrogens is 598 g/mol. The van der Waals surface area contributed by atoms with Crippen LogP contribution in [0.1, 0.15) is 39.0 Å². The smallest absolute Gasteiger partial charge is 0.240 e. The van der Waals surface area contributed by atoms with Gasteiger partial charge < -0.3 is 35.1 Å². The molecule has 244 valence electrons. The number of hydrogen-bond donors (Lipinski definition) is 3. The highest BCUT2D eigenvalue weighted by atomic mass is 16.5. The lowest BCUT2D eigenvalue weighted by Gasteiger charge is -2.34. The molecule has 1 aliphatic heterocycles. The maximum atomic E-state index is 13.4. The number of pyridine rings is 1. The van der Waals surface area contributed by atoms with Crippen molar-refractivity contribution in [2.45, 2.75) is 45.1 Å². The summed E-state index contributed by atoms with van der Waals surface area (Å²) < 4.78 is 17.1. The van der Waals surface area contributed by atoms with E-state index in [1.54, 1.807) is 56.8 Å². The van der Waals surface area contributed by atoms with Gasteiger partial charge in [0.25, 0.3) is 0 Å². The first-order chi connectivity index (χ1) is 22.8. The number of carbonyl (C=O) groups excluding carboxylic acids is 3. The molecule has 3 amide bonds. The molecule has 1 aromatic heterocycles. The number of carbonyl (C=O) groups is 3. The zero-order valence-corrected chi connectivity index (χ0v) is 26.8. The summed E-state index contributed by atoms with van der Waals surface area (Å²) in [5.41, 5.74) is 1.77. The van der Waals surface area contributed by atoms with E-state index in [0.29, 0.717) is 59.2 Å². The van der Waals surface area contributed by atoms with E-state index in [1.165, 1.54) is 0 Å². The van der Waals surface area contributed by atoms with Crippen molar-refractivity contribution >= 4 is 45.7 Å². The lowest BCUT2D eigenvalue weighted by Crippen LogP contribution is -2.44. The molecule has 1 saturated heterocycles. The second-order valence-electron chi connectivity index (χ2n) is 11.9. The molecule has 2 heterocycles. The average Bonchev–Trinajstić information content (AvgIpc) is 3.91. The number of anilines is 3. The summed E-state index contributed by atoms with van der Waals surface area (Å²) in [6.07, 6.45) is 4.87. The summed E-state index contributed by atoms with van der Waals surface area (Å²) in [4.78, 5) is 45.1. The van der Waals surface area contributed by atoms with Crippen LogP contribution in [0.25, 0.3) is 10.9 Å². The van der Waals surface area contributed by atoms with E-state index in [9.17, 15) is 14.4 Å². The van der Waals surface area contributed by atoms with Crippen LogP contribution in [0.2, 0.25) is 0 Å². The van der Waals surface area contributed by atoms with E-state index in [4.69, 9.17) is 14.2 Å². The van der Waals surface area contributed by atoms with Gasteiger partial charge in [-0.1, -0.05) is 13.0 Å². The summed E-state index contributed by atoms with van der Waals surface area (Å²) in [5, 5.41) is 9.68. The van der Waals surface area contributed by atoms with Gasteiger partial charge in [0.1, 0.15) is 16.9 Å². The van der Waals surface area contributed by atoms with E-state index in [0.717, 1.165) is 37.0 Å². The van der Waals surface area contributed by atoms with Crippen LogP contribution in [-0.4, -0.2) is 56.1 Å². The fraction of sp³-hybridized carbons (Fsp3) is 0.333. The molecule has 6 rings (SSSR count). The molecule has 0 atom stereocenters. The monoisotopic (exact) mass is 637 g/mol. The number of methoxy groups -OCH3 is 2. The highest BCUT2D eigenvalue weighted by Crippen LogP contribution is 2.48. The molecule has 1 aliphatic carbocycles. The van der Waals surface area contributed by atoms with E-state index in [-0.39, 0.29) is 23.8 Å². The van der Waals surface area contributed by atoms with Crippen LogP contribution in [0, 0.1) is 5.41 Å². The second-order valence-corrected chi connectivity index (χ2v) is 11.9. The Labute approximate surface area is 273 Å². The van der Waals surface area contributed by atoms with Gasteiger partial charge in [-0.05, 0) is 74.2 Å². The molecule has 3 N–H and O–H groups in total. The summed E-state index contributed by atoms with van der Waals surface area (Å²) in [6.45, 7) is 3.55. The quantitative estimate of drug-likeness (QED) is 0.173. The van der Waals surface area contributed by atoms with Crippen molar-refractivity contribution in [2.75, 3.05) is 42.8 Å². The standard InChI is InChI=1S/C36H39N5O6/c1-4-33(42)38-24-13-18-41(19-14-24)26-10-8-23(9-11-26)39-34(43)36(15-16-36)35(44)40-25-6-5-7-27(20-25)47-30-12-17-37-29-22-32(46-3)31(45-2)21-28(29)30/h5-12,17,20-22,24H,4,13-16,18-19H2,1-3H3,(H,38,42)(H,39,43)(H,40,44). The number of benzene rings is 3. The first-order valence-electron chi connectivity index (χ1n) is 15.9. The lowest BCUT2D eigenvalue weighted by atomic mass is 10.0. The number of hydrogen-bond acceptors (Lipinski definition) is 8. The van der Waals surface area contributed by atoms with Gasteiger partial charge in [-0.3, -0.25) is 19.4 Å². The molecular formula is C36H39N5O6. The number of fused-ring (bicyclic) bond motifs is 1. The number of amides is 3. The number of nitrogens with one attached hydrogen (secondary N) is 3. The van der Waals surface area contributed by atoms with E-state index in [1.807, 2.05) is 37.3 Å². The molecule has 2 aliphatic rings. The van der Waals surface area contributed by atoms with Crippen LogP contribution < -0.4 is 35.1 Å². The number of ether oxygens (including phenoxy) is 3. The SMILES string of the molecule is CCC(=O)NC1CCN(c2ccc(NC(=O)C3(C(=O)Nc4cccc(Oc5ccnc6cc(OC)c(OC)cc56)c4)CC3)cc2)CC1. The van der Waals surface area contributed by atoms with E-state index >= 15 is 0 Å². The van der Waals surface area contributed by atoms with E-state index < -0.39 is 5.41 Å². The first kappa shape index (κ1) is 31.7. The molecule has 4 aromatic rings. The van der Waals surface area contributed by atoms with Gasteiger partial charge in [-0.25, -0.2) is 0 Å². The minimum absolute atomic E-state index is 0.0895. The zero-order valence-electron chi connectivity index (χ0n) is 26.8. The minimum Gasteiger partial charge on any atom is -0.493 e. The van der Waals surface area contributed by atoms with Gasteiger partial charge >= 0.3 is 0 Å². The highest BCUT2D eigenvalue weighted by molar-refractivity contribution is 6.17. The Balaban J connectivity index is 1.07. The third kappa shape index (κ3) is 6.94. The van der Waals surface area contributed by atoms with Crippen molar-refractivity contribution in [3.05, 3.63) is 72.9 Å². The van der Waals surface area contributed by atoms with Gasteiger partial charge in [0.15, 0.2) is 11.5 Å². The van der Waals surface area contributed by atoms with Gasteiger partial charge in [0.05, 0.1) is 19.7 Å². The van der Waals surface area contributed by atoms with Crippen LogP contribution in [0.3, 0.4) is 0 Å². The third-order valence-corrected chi connectivity index (χ3v) is 8.82. The number of aromatic nitrogens is 1. The molecule has 0 radical (unpaired) electrons. The van der Waals surface area contributed by atoms with Crippen molar-refractivity contribution in [3.63, 3.8) is 0 Å². The fourth-order valence-corrected chi connectivity index (χ4v) is 5.85. The topological polar surface area (TPSA) is 131 Å². The summed E-state index contributed by atoms with van der Waals surface area (Å²) >= 11 is 0. The molecule has 47 heavy (non-hydrogen) atoms. The number of nitrogens with zero attached hydrogens (tertiary/aromatic N) is 2. The summed E-state index contributed by atoms with van der Waals surface area (Å²) in [7, 11) is 3.14. The second kappa shape index (κ2) is 13.6. The molecule has 0 spiro atoms. The molecule has 2 fully saturated rings. The Bertz CT molecular complexity index is 1780. The van der Waals surface area contributed by atoms with Crippen molar-refractivity contribution < 1.29 is 28.6 Å². The Kier molecular flexibility index (Phi) is 9.15. The van der Waals surface area contributed by atoms with Gasteiger partial charge in [0, 0.05) is 66.3 Å². The maximum absolute atomic E-state index is 13.4. The highest BCUT2D eigenvalue weighted by Gasteiger charge is 2.56. The van der Waals surface area contributed by atoms with Crippen LogP contribution in [0.15, 0.2) is 72.9 Å². The summed E-state index contributed by atoms with van der Waals surface area (Å²) in [6, 6.07) is 20.3.